The Morgan fingerprint density at radius 1 is 0.850 bits per heavy atom. The number of esters is 1. The van der Waals surface area contributed by atoms with Gasteiger partial charge in [-0.1, -0.05) is 56.2 Å². The maximum Gasteiger partial charge on any atom is 0.302 e. The van der Waals surface area contributed by atoms with E-state index >= 15 is 0 Å². The van der Waals surface area contributed by atoms with Crippen LogP contribution in [0.4, 0.5) is 0 Å². The summed E-state index contributed by atoms with van der Waals surface area (Å²) in [5, 5.41) is 0. The molecule has 0 fully saturated rings. The highest BCUT2D eigenvalue weighted by Gasteiger charge is 1.89. The lowest BCUT2D eigenvalue weighted by Crippen LogP contribution is -1.99. The van der Waals surface area contributed by atoms with Crippen molar-refractivity contribution in [3.63, 3.8) is 0 Å². The summed E-state index contributed by atoms with van der Waals surface area (Å²) in [6.07, 6.45) is 22.3. The Morgan fingerprint density at radius 2 is 1.45 bits per heavy atom. The Kier molecular flexibility index (Phi) is 14.7. The van der Waals surface area contributed by atoms with E-state index < -0.39 is 0 Å². The second-order valence-corrected chi connectivity index (χ2v) is 4.88. The zero-order chi connectivity index (χ0) is 14.9. The van der Waals surface area contributed by atoms with Gasteiger partial charge < -0.3 is 4.74 Å². The maximum atomic E-state index is 10.5. The second kappa shape index (κ2) is 15.7. The molecule has 0 rings (SSSR count). The maximum absolute atomic E-state index is 10.5. The van der Waals surface area contributed by atoms with Crippen molar-refractivity contribution < 1.29 is 9.53 Å². The molecule has 2 nitrogen and oxygen atoms in total. The summed E-state index contributed by atoms with van der Waals surface area (Å²) in [7, 11) is 0. The third-order valence-electron chi connectivity index (χ3n) is 2.84. The van der Waals surface area contributed by atoms with E-state index in [4.69, 9.17) is 4.74 Å². The molecule has 0 aliphatic rings. The van der Waals surface area contributed by atoms with Crippen molar-refractivity contribution in [1.82, 2.24) is 0 Å². The molecule has 0 amide bonds. The minimum Gasteiger partial charge on any atom is -0.466 e. The smallest absolute Gasteiger partial charge is 0.302 e. The predicted octanol–water partition coefficient (Wildman–Crippen LogP) is 5.36. The standard InChI is InChI=1S/C18H30O2/c1-3-4-5-6-7-8-9-10-11-12-13-14-15-16-17-20-18(2)19/h7-8,11-14H,3-6,9-10,15-17H2,1-2H3. The molecule has 0 bridgehead atoms. The summed E-state index contributed by atoms with van der Waals surface area (Å²) >= 11 is 0. The molecule has 0 N–H and O–H groups in total. The van der Waals surface area contributed by atoms with Crippen molar-refractivity contribution >= 4 is 5.97 Å². The van der Waals surface area contributed by atoms with Gasteiger partial charge in [-0.3, -0.25) is 4.79 Å². The third-order valence-corrected chi connectivity index (χ3v) is 2.84. The van der Waals surface area contributed by atoms with E-state index in [0.29, 0.717) is 6.61 Å². The van der Waals surface area contributed by atoms with Gasteiger partial charge >= 0.3 is 5.97 Å². The van der Waals surface area contributed by atoms with Crippen molar-refractivity contribution in [2.24, 2.45) is 0 Å². The third kappa shape index (κ3) is 16.7. The molecule has 0 atom stereocenters. The van der Waals surface area contributed by atoms with Gasteiger partial charge in [-0.15, -0.1) is 0 Å². The van der Waals surface area contributed by atoms with Crippen LogP contribution in [-0.4, -0.2) is 12.6 Å². The number of rotatable bonds is 12. The molecule has 0 spiro atoms. The van der Waals surface area contributed by atoms with Crippen LogP contribution in [0.15, 0.2) is 36.5 Å². The van der Waals surface area contributed by atoms with Gasteiger partial charge in [0.1, 0.15) is 0 Å². The molecule has 0 aliphatic carbocycles. The summed E-state index contributed by atoms with van der Waals surface area (Å²) in [6.45, 7) is 4.20. The fraction of sp³-hybridized carbons (Fsp3) is 0.611. The van der Waals surface area contributed by atoms with Crippen molar-refractivity contribution in [3.05, 3.63) is 36.5 Å². The van der Waals surface area contributed by atoms with Crippen LogP contribution in [0.2, 0.25) is 0 Å². The number of unbranched alkanes of at least 4 members (excludes halogenated alkanes) is 5. The molecule has 0 radical (unpaired) electrons. The lowest BCUT2D eigenvalue weighted by atomic mass is 10.2. The number of ether oxygens (including phenoxy) is 1. The Balaban J connectivity index is 3.32. The van der Waals surface area contributed by atoms with Crippen LogP contribution in [0, 0.1) is 0 Å². The van der Waals surface area contributed by atoms with Crippen LogP contribution in [0.1, 0.15) is 65.2 Å². The highest BCUT2D eigenvalue weighted by Crippen LogP contribution is 2.01. The Hall–Kier alpha value is -1.31. The average molecular weight is 278 g/mol. The minimum atomic E-state index is -0.198. The van der Waals surface area contributed by atoms with Gasteiger partial charge in [0.2, 0.25) is 0 Å². The van der Waals surface area contributed by atoms with E-state index in [1.807, 2.05) is 0 Å². The number of allylic oxidation sites excluding steroid dienone is 6. The van der Waals surface area contributed by atoms with E-state index in [0.717, 1.165) is 25.7 Å². The van der Waals surface area contributed by atoms with Gasteiger partial charge in [0.05, 0.1) is 6.61 Å². The van der Waals surface area contributed by atoms with Gasteiger partial charge in [0.25, 0.3) is 0 Å². The van der Waals surface area contributed by atoms with E-state index in [9.17, 15) is 4.79 Å². The monoisotopic (exact) mass is 278 g/mol. The first kappa shape index (κ1) is 18.7. The van der Waals surface area contributed by atoms with Crippen LogP contribution in [0.3, 0.4) is 0 Å². The first-order chi connectivity index (χ1) is 9.77. The molecular formula is C18H30O2. The molecule has 0 saturated heterocycles. The van der Waals surface area contributed by atoms with E-state index in [2.05, 4.69) is 43.4 Å². The molecule has 0 aromatic carbocycles. The van der Waals surface area contributed by atoms with Gasteiger partial charge in [-0.05, 0) is 38.5 Å². The molecule has 0 unspecified atom stereocenters. The van der Waals surface area contributed by atoms with Gasteiger partial charge in [-0.2, -0.15) is 0 Å². The number of carbonyl (C=O) groups is 1. The van der Waals surface area contributed by atoms with E-state index in [1.165, 1.54) is 32.6 Å². The van der Waals surface area contributed by atoms with Crippen LogP contribution in [-0.2, 0) is 9.53 Å². The van der Waals surface area contributed by atoms with Crippen molar-refractivity contribution in [1.29, 1.82) is 0 Å². The second-order valence-electron chi connectivity index (χ2n) is 4.88. The summed E-state index contributed by atoms with van der Waals surface area (Å²) in [5.41, 5.74) is 0. The number of carbonyl (C=O) groups excluding carboxylic acids is 1. The van der Waals surface area contributed by atoms with Crippen LogP contribution in [0.25, 0.3) is 0 Å². The van der Waals surface area contributed by atoms with Gasteiger partial charge in [0, 0.05) is 6.92 Å². The van der Waals surface area contributed by atoms with Crippen LogP contribution in [0.5, 0.6) is 0 Å². The van der Waals surface area contributed by atoms with Gasteiger partial charge in [0.15, 0.2) is 0 Å². The molecule has 0 aromatic rings. The minimum absolute atomic E-state index is 0.198. The zero-order valence-corrected chi connectivity index (χ0v) is 13.1. The Bertz CT molecular complexity index is 301. The lowest BCUT2D eigenvalue weighted by Gasteiger charge is -1.97. The van der Waals surface area contributed by atoms with E-state index in [1.54, 1.807) is 0 Å². The molecule has 20 heavy (non-hydrogen) atoms. The molecular weight excluding hydrogens is 248 g/mol. The van der Waals surface area contributed by atoms with Crippen molar-refractivity contribution in [2.45, 2.75) is 65.2 Å². The topological polar surface area (TPSA) is 26.3 Å². The number of hydrogen-bond acceptors (Lipinski definition) is 2. The molecule has 2 heteroatoms. The predicted molar refractivity (Wildman–Crippen MR) is 86.7 cm³/mol. The fourth-order valence-electron chi connectivity index (χ4n) is 1.71. The summed E-state index contributed by atoms with van der Waals surface area (Å²) < 4.78 is 4.85. The first-order valence-corrected chi connectivity index (χ1v) is 7.87. The average Bonchev–Trinajstić information content (AvgIpc) is 2.43. The summed E-state index contributed by atoms with van der Waals surface area (Å²) in [5.74, 6) is -0.198. The molecule has 0 saturated carbocycles. The van der Waals surface area contributed by atoms with Gasteiger partial charge in [-0.25, -0.2) is 0 Å². The molecule has 0 aromatic heterocycles. The van der Waals surface area contributed by atoms with Crippen molar-refractivity contribution in [3.8, 4) is 0 Å². The first-order valence-electron chi connectivity index (χ1n) is 7.87. The zero-order valence-electron chi connectivity index (χ0n) is 13.1. The molecule has 0 heterocycles. The molecule has 0 aliphatic heterocycles. The highest BCUT2D eigenvalue weighted by atomic mass is 16.5. The van der Waals surface area contributed by atoms with Crippen molar-refractivity contribution in [2.75, 3.05) is 6.61 Å². The Labute approximate surface area is 124 Å². The van der Waals surface area contributed by atoms with E-state index in [-0.39, 0.29) is 5.97 Å². The van der Waals surface area contributed by atoms with Crippen LogP contribution < -0.4 is 0 Å². The normalized spacial score (nSPS) is 11.9. The SMILES string of the molecule is CCCCCC=CCCC=CC=CCCCOC(C)=O. The fourth-order valence-corrected chi connectivity index (χ4v) is 1.71. The highest BCUT2D eigenvalue weighted by molar-refractivity contribution is 5.65. The number of hydrogen-bond donors (Lipinski definition) is 0. The largest absolute Gasteiger partial charge is 0.466 e. The van der Waals surface area contributed by atoms with Crippen LogP contribution >= 0.6 is 0 Å². The quantitative estimate of drug-likeness (QED) is 0.208. The summed E-state index contributed by atoms with van der Waals surface area (Å²) in [6, 6.07) is 0. The molecule has 114 valence electrons. The lowest BCUT2D eigenvalue weighted by molar-refractivity contribution is -0.141. The summed E-state index contributed by atoms with van der Waals surface area (Å²) in [4.78, 5) is 10.5. The Morgan fingerprint density at radius 3 is 2.15 bits per heavy atom.